The number of guanidine groups is 1. The van der Waals surface area contributed by atoms with Crippen LogP contribution in [0.15, 0.2) is 4.99 Å². The van der Waals surface area contributed by atoms with Crippen molar-refractivity contribution in [2.75, 3.05) is 59.0 Å². The first kappa shape index (κ1) is 26.4. The molecule has 0 aromatic rings. The fraction of sp³-hybridized carbons (Fsp3) is 0.905. The molecule has 170 valence electrons. The number of morpholine rings is 1. The molecular weight excluding hydrogens is 481 g/mol. The van der Waals surface area contributed by atoms with Gasteiger partial charge in [0.1, 0.15) is 0 Å². The van der Waals surface area contributed by atoms with E-state index in [1.165, 1.54) is 6.42 Å². The number of carbonyl (C=O) groups excluding carboxylic acids is 1. The number of hydrogen-bond acceptors (Lipinski definition) is 4. The second-order valence-corrected chi connectivity index (χ2v) is 8.15. The van der Waals surface area contributed by atoms with E-state index in [2.05, 4.69) is 36.3 Å². The van der Waals surface area contributed by atoms with E-state index in [9.17, 15) is 4.79 Å². The molecule has 0 aromatic heterocycles. The highest BCUT2D eigenvalue weighted by atomic mass is 127. The summed E-state index contributed by atoms with van der Waals surface area (Å²) in [5, 5.41) is 6.80. The van der Waals surface area contributed by atoms with Crippen LogP contribution in [0.2, 0.25) is 0 Å². The first-order chi connectivity index (χ1) is 13.6. The molecule has 1 unspecified atom stereocenters. The molecule has 0 radical (unpaired) electrons. The van der Waals surface area contributed by atoms with E-state index in [1.54, 1.807) is 0 Å². The Bertz CT molecular complexity index is 484. The van der Waals surface area contributed by atoms with Gasteiger partial charge in [0.2, 0.25) is 5.91 Å². The standard InChI is InChI=1S/C21H41N5O2.HI/c1-4-22-21(23-10-8-12-26-11-7-5-6-9-20(26)27)24-17-19(18(2)3)25-13-15-28-16-14-25;/h18-19H,4-17H2,1-3H3,(H2,22,23,24);1H. The monoisotopic (exact) mass is 523 g/mol. The fourth-order valence-electron chi connectivity index (χ4n) is 3.94. The lowest BCUT2D eigenvalue weighted by molar-refractivity contribution is -0.130. The zero-order valence-electron chi connectivity index (χ0n) is 18.6. The summed E-state index contributed by atoms with van der Waals surface area (Å²) in [6.07, 6.45) is 5.03. The van der Waals surface area contributed by atoms with Crippen LogP contribution in [0.25, 0.3) is 0 Å². The van der Waals surface area contributed by atoms with Crippen molar-refractivity contribution in [3.8, 4) is 0 Å². The number of nitrogens with zero attached hydrogens (tertiary/aromatic N) is 3. The fourth-order valence-corrected chi connectivity index (χ4v) is 3.94. The summed E-state index contributed by atoms with van der Waals surface area (Å²) in [5.41, 5.74) is 0. The first-order valence-electron chi connectivity index (χ1n) is 11.2. The van der Waals surface area contributed by atoms with Gasteiger partial charge in [0.15, 0.2) is 5.96 Å². The highest BCUT2D eigenvalue weighted by Gasteiger charge is 2.23. The SMILES string of the molecule is CCNC(=NCC(C(C)C)N1CCOCC1)NCCCN1CCCCCC1=O.I. The van der Waals surface area contributed by atoms with Crippen molar-refractivity contribution in [2.24, 2.45) is 10.9 Å². The Hall–Kier alpha value is -0.610. The van der Waals surface area contributed by atoms with Crippen LogP contribution in [-0.2, 0) is 9.53 Å². The minimum Gasteiger partial charge on any atom is -0.379 e. The minimum atomic E-state index is 0. The van der Waals surface area contributed by atoms with Crippen LogP contribution in [0, 0.1) is 5.92 Å². The second-order valence-electron chi connectivity index (χ2n) is 8.15. The number of ether oxygens (including phenoxy) is 1. The smallest absolute Gasteiger partial charge is 0.222 e. The Morgan fingerprint density at radius 2 is 1.90 bits per heavy atom. The molecule has 2 fully saturated rings. The van der Waals surface area contributed by atoms with Crippen LogP contribution in [0.3, 0.4) is 0 Å². The summed E-state index contributed by atoms with van der Waals surface area (Å²) in [6, 6.07) is 0.439. The maximum Gasteiger partial charge on any atom is 0.222 e. The quantitative estimate of drug-likeness (QED) is 0.210. The second kappa shape index (κ2) is 15.2. The molecule has 0 aliphatic carbocycles. The molecule has 0 saturated carbocycles. The van der Waals surface area contributed by atoms with Crippen molar-refractivity contribution >= 4 is 35.8 Å². The van der Waals surface area contributed by atoms with E-state index in [1.807, 2.05) is 4.90 Å². The molecule has 2 rings (SSSR count). The maximum absolute atomic E-state index is 12.1. The third-order valence-electron chi connectivity index (χ3n) is 5.63. The lowest BCUT2D eigenvalue weighted by Crippen LogP contribution is -2.48. The van der Waals surface area contributed by atoms with Gasteiger partial charge in [0.25, 0.3) is 0 Å². The minimum absolute atomic E-state index is 0. The number of likely N-dealkylation sites (tertiary alicyclic amines) is 1. The van der Waals surface area contributed by atoms with E-state index in [0.29, 0.717) is 17.9 Å². The number of aliphatic imine (C=N–C) groups is 1. The Morgan fingerprint density at radius 1 is 1.14 bits per heavy atom. The third kappa shape index (κ3) is 9.83. The third-order valence-corrected chi connectivity index (χ3v) is 5.63. The van der Waals surface area contributed by atoms with Gasteiger partial charge in [-0.05, 0) is 32.1 Å². The zero-order valence-corrected chi connectivity index (χ0v) is 21.0. The largest absolute Gasteiger partial charge is 0.379 e. The summed E-state index contributed by atoms with van der Waals surface area (Å²) in [5.74, 6) is 1.76. The van der Waals surface area contributed by atoms with Crippen molar-refractivity contribution in [1.82, 2.24) is 20.4 Å². The number of halogens is 1. The number of hydrogen-bond donors (Lipinski definition) is 2. The molecular formula is C21H42IN5O2. The topological polar surface area (TPSA) is 69.2 Å². The molecule has 2 aliphatic rings. The highest BCUT2D eigenvalue weighted by molar-refractivity contribution is 14.0. The number of amides is 1. The van der Waals surface area contributed by atoms with E-state index in [-0.39, 0.29) is 24.0 Å². The molecule has 0 aromatic carbocycles. The molecule has 1 amide bonds. The van der Waals surface area contributed by atoms with Gasteiger partial charge >= 0.3 is 0 Å². The summed E-state index contributed by atoms with van der Waals surface area (Å²) in [6.45, 7) is 14.5. The van der Waals surface area contributed by atoms with Gasteiger partial charge < -0.3 is 20.3 Å². The molecule has 2 N–H and O–H groups in total. The normalized spacial score (nSPS) is 20.2. The molecule has 29 heavy (non-hydrogen) atoms. The number of nitrogens with one attached hydrogen (secondary N) is 2. The summed E-state index contributed by atoms with van der Waals surface area (Å²) < 4.78 is 5.49. The van der Waals surface area contributed by atoms with Crippen molar-refractivity contribution in [2.45, 2.75) is 58.9 Å². The van der Waals surface area contributed by atoms with E-state index in [0.717, 1.165) is 90.7 Å². The van der Waals surface area contributed by atoms with Gasteiger partial charge in [-0.1, -0.05) is 20.3 Å². The molecule has 1 atom stereocenters. The lowest BCUT2D eigenvalue weighted by atomic mass is 10.0. The van der Waals surface area contributed by atoms with Crippen LogP contribution < -0.4 is 10.6 Å². The van der Waals surface area contributed by atoms with Gasteiger partial charge in [0, 0.05) is 51.7 Å². The molecule has 2 saturated heterocycles. The predicted molar refractivity (Wildman–Crippen MR) is 130 cm³/mol. The Balaban J connectivity index is 0.00000420. The predicted octanol–water partition coefficient (Wildman–Crippen LogP) is 2.31. The van der Waals surface area contributed by atoms with Gasteiger partial charge in [0.05, 0.1) is 19.8 Å². The van der Waals surface area contributed by atoms with Crippen LogP contribution in [0.1, 0.15) is 52.9 Å². The number of rotatable bonds is 9. The van der Waals surface area contributed by atoms with Gasteiger partial charge in [-0.25, -0.2) is 0 Å². The van der Waals surface area contributed by atoms with Gasteiger partial charge in [-0.2, -0.15) is 0 Å². The van der Waals surface area contributed by atoms with E-state index < -0.39 is 0 Å². The van der Waals surface area contributed by atoms with E-state index in [4.69, 9.17) is 9.73 Å². The zero-order chi connectivity index (χ0) is 20.2. The molecule has 0 bridgehead atoms. The lowest BCUT2D eigenvalue weighted by Gasteiger charge is -2.36. The van der Waals surface area contributed by atoms with Crippen LogP contribution in [0.4, 0.5) is 0 Å². The van der Waals surface area contributed by atoms with Crippen LogP contribution in [-0.4, -0.2) is 86.7 Å². The molecule has 7 nitrogen and oxygen atoms in total. The van der Waals surface area contributed by atoms with Crippen molar-refractivity contribution in [1.29, 1.82) is 0 Å². The Kier molecular flexibility index (Phi) is 13.9. The average Bonchev–Trinajstić information content (AvgIpc) is 2.90. The van der Waals surface area contributed by atoms with Crippen LogP contribution in [0.5, 0.6) is 0 Å². The summed E-state index contributed by atoms with van der Waals surface area (Å²) >= 11 is 0. The van der Waals surface area contributed by atoms with Gasteiger partial charge in [-0.3, -0.25) is 14.7 Å². The van der Waals surface area contributed by atoms with Crippen molar-refractivity contribution in [3.63, 3.8) is 0 Å². The Labute approximate surface area is 194 Å². The first-order valence-corrected chi connectivity index (χ1v) is 11.2. The Morgan fingerprint density at radius 3 is 2.59 bits per heavy atom. The van der Waals surface area contributed by atoms with Crippen molar-refractivity contribution in [3.05, 3.63) is 0 Å². The van der Waals surface area contributed by atoms with Crippen LogP contribution >= 0.6 is 24.0 Å². The summed E-state index contributed by atoms with van der Waals surface area (Å²) in [7, 11) is 0. The molecule has 0 spiro atoms. The maximum atomic E-state index is 12.1. The molecule has 2 aliphatic heterocycles. The van der Waals surface area contributed by atoms with Gasteiger partial charge in [-0.15, -0.1) is 24.0 Å². The molecule has 8 heteroatoms. The van der Waals surface area contributed by atoms with E-state index >= 15 is 0 Å². The number of carbonyl (C=O) groups is 1. The van der Waals surface area contributed by atoms with Crippen molar-refractivity contribution < 1.29 is 9.53 Å². The summed E-state index contributed by atoms with van der Waals surface area (Å²) in [4.78, 5) is 21.5. The highest BCUT2D eigenvalue weighted by Crippen LogP contribution is 2.13. The molecule has 2 heterocycles. The average molecular weight is 524 g/mol.